The van der Waals surface area contributed by atoms with Crippen LogP contribution in [0.4, 0.5) is 0 Å². The van der Waals surface area contributed by atoms with Crippen molar-refractivity contribution in [1.29, 1.82) is 0 Å². The van der Waals surface area contributed by atoms with Crippen LogP contribution in [0.1, 0.15) is 83.4 Å². The molecule has 1 atom stereocenters. The molecule has 1 aromatic carbocycles. The minimum absolute atomic E-state index is 0.00359. The van der Waals surface area contributed by atoms with Gasteiger partial charge in [0.25, 0.3) is 0 Å². The lowest BCUT2D eigenvalue weighted by Gasteiger charge is -2.43. The van der Waals surface area contributed by atoms with Crippen LogP contribution in [0.5, 0.6) is 17.2 Å². The Bertz CT molecular complexity index is 1110. The third kappa shape index (κ3) is 5.41. The van der Waals surface area contributed by atoms with Crippen LogP contribution in [-0.2, 0) is 11.2 Å². The fourth-order valence-electron chi connectivity index (χ4n) is 6.33. The number of carbonyl (C=O) groups is 1. The zero-order valence-electron chi connectivity index (χ0n) is 23.3. The van der Waals surface area contributed by atoms with Gasteiger partial charge in [-0.1, -0.05) is 42.7 Å². The van der Waals surface area contributed by atoms with Gasteiger partial charge >= 0.3 is 0 Å². The van der Waals surface area contributed by atoms with Crippen molar-refractivity contribution in [3.63, 3.8) is 0 Å². The summed E-state index contributed by atoms with van der Waals surface area (Å²) in [7, 11) is 6.06. The Labute approximate surface area is 217 Å². The van der Waals surface area contributed by atoms with E-state index >= 15 is 0 Å². The average Bonchev–Trinajstić information content (AvgIpc) is 3.27. The van der Waals surface area contributed by atoms with Crippen LogP contribution >= 0.6 is 0 Å². The van der Waals surface area contributed by atoms with Gasteiger partial charge in [0, 0.05) is 6.42 Å². The number of ketones is 1. The zero-order valence-corrected chi connectivity index (χ0v) is 23.3. The molecule has 0 saturated carbocycles. The first-order chi connectivity index (χ1) is 17.0. The van der Waals surface area contributed by atoms with Crippen molar-refractivity contribution < 1.29 is 23.5 Å². The Balaban J connectivity index is 1.45. The summed E-state index contributed by atoms with van der Waals surface area (Å²) in [5, 5.41) is 0. The number of quaternary nitrogens is 1. The predicted octanol–water partition coefficient (Wildman–Crippen LogP) is 6.87. The van der Waals surface area contributed by atoms with Crippen molar-refractivity contribution in [2.45, 2.75) is 78.7 Å². The number of fused-ring (bicyclic) bond motifs is 2. The summed E-state index contributed by atoms with van der Waals surface area (Å²) in [6.07, 6.45) is 13.1. The Morgan fingerprint density at radius 2 is 2.03 bits per heavy atom. The molecule has 0 radical (unpaired) electrons. The largest absolute Gasteiger partial charge is 0.492 e. The molecule has 1 unspecified atom stereocenters. The number of nitrogens with zero attached hydrogens (tertiary/aromatic N) is 1. The van der Waals surface area contributed by atoms with E-state index in [4.69, 9.17) is 14.2 Å². The van der Waals surface area contributed by atoms with Crippen LogP contribution < -0.4 is 14.2 Å². The second kappa shape index (κ2) is 10.5. The van der Waals surface area contributed by atoms with Crippen molar-refractivity contribution in [3.8, 4) is 17.2 Å². The second-order valence-electron chi connectivity index (χ2n) is 12.0. The van der Waals surface area contributed by atoms with Crippen molar-refractivity contribution in [3.05, 3.63) is 52.1 Å². The summed E-state index contributed by atoms with van der Waals surface area (Å²) in [5.41, 5.74) is 7.12. The highest BCUT2D eigenvalue weighted by atomic mass is 16.7. The second-order valence-corrected chi connectivity index (χ2v) is 12.0. The quantitative estimate of drug-likeness (QED) is 0.171. The van der Waals surface area contributed by atoms with Crippen LogP contribution in [0.2, 0.25) is 0 Å². The molecule has 1 aromatic rings. The molecule has 4 rings (SSSR count). The van der Waals surface area contributed by atoms with Gasteiger partial charge in [-0.15, -0.1) is 0 Å². The summed E-state index contributed by atoms with van der Waals surface area (Å²) in [6, 6.07) is 2.08. The first-order valence-corrected chi connectivity index (χ1v) is 13.4. The van der Waals surface area contributed by atoms with Crippen molar-refractivity contribution in [2.24, 2.45) is 5.41 Å². The number of methoxy groups -OCH3 is 1. The average molecular weight is 495 g/mol. The number of hydrogen-bond acceptors (Lipinski definition) is 4. The Morgan fingerprint density at radius 3 is 2.75 bits per heavy atom. The number of ether oxygens (including phenoxy) is 3. The Morgan fingerprint density at radius 1 is 1.25 bits per heavy atom. The highest BCUT2D eigenvalue weighted by Crippen LogP contribution is 2.51. The van der Waals surface area contributed by atoms with Gasteiger partial charge in [-0.05, 0) is 69.1 Å². The van der Waals surface area contributed by atoms with E-state index in [1.807, 2.05) is 6.08 Å². The summed E-state index contributed by atoms with van der Waals surface area (Å²) < 4.78 is 17.9. The number of benzene rings is 1. The van der Waals surface area contributed by atoms with E-state index in [0.29, 0.717) is 17.6 Å². The van der Waals surface area contributed by atoms with Crippen LogP contribution in [0.25, 0.3) is 0 Å². The van der Waals surface area contributed by atoms with Gasteiger partial charge in [0.15, 0.2) is 17.3 Å². The Hall–Kier alpha value is -2.53. The SMILES string of the molecule is COc1c2c(cc3c1C(CC(=O)/C=C/C=C(/C)CCC1=C(C)CCCC1(C)C)[N+](C)(C)CC3)OCO2. The zero-order chi connectivity index (χ0) is 26.1. The topological polar surface area (TPSA) is 44.8 Å². The molecular weight excluding hydrogens is 450 g/mol. The molecular formula is C31H44NO4+. The Kier molecular flexibility index (Phi) is 7.70. The number of allylic oxidation sites excluding steroid dienone is 6. The number of rotatable bonds is 8. The molecule has 0 spiro atoms. The van der Waals surface area contributed by atoms with Crippen molar-refractivity contribution >= 4 is 5.78 Å². The molecule has 2 heterocycles. The lowest BCUT2D eigenvalue weighted by atomic mass is 9.71. The third-order valence-electron chi connectivity index (χ3n) is 8.59. The van der Waals surface area contributed by atoms with Crippen molar-refractivity contribution in [2.75, 3.05) is 34.5 Å². The van der Waals surface area contributed by atoms with Crippen LogP contribution in [0, 0.1) is 5.41 Å². The molecule has 2 aliphatic heterocycles. The van der Waals surface area contributed by atoms with Gasteiger partial charge in [0.05, 0.1) is 39.7 Å². The molecule has 1 aliphatic carbocycles. The third-order valence-corrected chi connectivity index (χ3v) is 8.59. The van der Waals surface area contributed by atoms with E-state index in [1.165, 1.54) is 30.4 Å². The molecule has 3 aliphatic rings. The summed E-state index contributed by atoms with van der Waals surface area (Å²) in [4.78, 5) is 13.1. The summed E-state index contributed by atoms with van der Waals surface area (Å²) in [6.45, 7) is 10.4. The van der Waals surface area contributed by atoms with E-state index < -0.39 is 0 Å². The highest BCUT2D eigenvalue weighted by Gasteiger charge is 2.42. The highest BCUT2D eigenvalue weighted by molar-refractivity contribution is 5.90. The van der Waals surface area contributed by atoms with Gasteiger partial charge in [0.1, 0.15) is 6.04 Å². The normalized spacial score (nSPS) is 22.6. The summed E-state index contributed by atoms with van der Waals surface area (Å²) >= 11 is 0. The van der Waals surface area contributed by atoms with Gasteiger partial charge in [0.2, 0.25) is 12.5 Å². The van der Waals surface area contributed by atoms with E-state index in [1.54, 1.807) is 24.3 Å². The van der Waals surface area contributed by atoms with Gasteiger partial charge in [-0.25, -0.2) is 0 Å². The van der Waals surface area contributed by atoms with Gasteiger partial charge in [-0.3, -0.25) is 4.79 Å². The molecule has 0 aromatic heterocycles. The van der Waals surface area contributed by atoms with E-state index in [2.05, 4.69) is 53.9 Å². The predicted molar refractivity (Wildman–Crippen MR) is 145 cm³/mol. The molecule has 0 amide bonds. The lowest BCUT2D eigenvalue weighted by Crippen LogP contribution is -2.48. The molecule has 5 heteroatoms. The fourth-order valence-corrected chi connectivity index (χ4v) is 6.33. The first-order valence-electron chi connectivity index (χ1n) is 13.4. The molecule has 196 valence electrons. The minimum atomic E-state index is 0.00359. The molecule has 5 nitrogen and oxygen atoms in total. The fraction of sp³-hybridized carbons (Fsp3) is 0.581. The molecule has 0 fully saturated rings. The maximum Gasteiger partial charge on any atom is 0.231 e. The number of likely N-dealkylation sites (N-methyl/N-ethyl adjacent to an activating group) is 1. The smallest absolute Gasteiger partial charge is 0.231 e. The van der Waals surface area contributed by atoms with Crippen molar-refractivity contribution in [1.82, 2.24) is 0 Å². The van der Waals surface area contributed by atoms with Gasteiger partial charge < -0.3 is 18.7 Å². The molecule has 36 heavy (non-hydrogen) atoms. The van der Waals surface area contributed by atoms with Gasteiger partial charge in [-0.2, -0.15) is 0 Å². The first kappa shape index (κ1) is 26.5. The van der Waals surface area contributed by atoms with Crippen LogP contribution in [-0.4, -0.2) is 44.8 Å². The maximum atomic E-state index is 13.1. The standard InChI is InChI=1S/C31H44NO4/c1-21(13-14-25-22(2)11-9-16-31(25,3)4)10-8-12-24(33)19-26-28-23(15-17-32(26,5)6)18-27-29(30(28)34-7)36-20-35-27/h8,10,12,18,26H,9,11,13-17,19-20H2,1-7H3/q+1/b12-8+,21-10-. The van der Waals surface area contributed by atoms with E-state index in [0.717, 1.165) is 47.4 Å². The monoisotopic (exact) mass is 494 g/mol. The molecule has 0 bridgehead atoms. The van der Waals surface area contributed by atoms with E-state index in [9.17, 15) is 4.79 Å². The molecule has 0 N–H and O–H groups in total. The number of carbonyl (C=O) groups excluding carboxylic acids is 1. The van der Waals surface area contributed by atoms with E-state index in [-0.39, 0.29) is 18.6 Å². The minimum Gasteiger partial charge on any atom is -0.492 e. The lowest BCUT2D eigenvalue weighted by molar-refractivity contribution is -0.922. The number of hydrogen-bond donors (Lipinski definition) is 0. The maximum absolute atomic E-state index is 13.1. The molecule has 0 saturated heterocycles. The van der Waals surface area contributed by atoms with Crippen LogP contribution in [0.15, 0.2) is 41.0 Å². The summed E-state index contributed by atoms with van der Waals surface area (Å²) in [5.74, 6) is 2.26. The van der Waals surface area contributed by atoms with Crippen LogP contribution in [0.3, 0.4) is 0 Å².